The number of amides is 3. The van der Waals surface area contributed by atoms with E-state index in [0.29, 0.717) is 16.4 Å². The standard InChI is InChI=1S/C19H16ClN5O3/c1-11-2-6-13(7-3-11)21-15(26)10-24-17-16(22-23-24)18(27)25(19(17)28)14-8-4-12(20)5-9-14/h2-9,16-17H,10H2,1H3,(H,21,26)/t16-,17+/m1/s1. The molecule has 3 amide bonds. The average Bonchev–Trinajstić information content (AvgIpc) is 3.18. The molecule has 2 aliphatic heterocycles. The van der Waals surface area contributed by atoms with E-state index in [1.54, 1.807) is 36.4 Å². The molecule has 0 aromatic heterocycles. The maximum absolute atomic E-state index is 12.8. The first-order valence-electron chi connectivity index (χ1n) is 8.61. The summed E-state index contributed by atoms with van der Waals surface area (Å²) in [6, 6.07) is 11.8. The van der Waals surface area contributed by atoms with Crippen molar-refractivity contribution in [3.05, 3.63) is 59.1 Å². The Hall–Kier alpha value is -3.26. The maximum Gasteiger partial charge on any atom is 0.263 e. The van der Waals surface area contributed by atoms with E-state index in [4.69, 9.17) is 11.6 Å². The zero-order chi connectivity index (χ0) is 19.8. The molecule has 142 valence electrons. The molecule has 2 aromatic rings. The molecule has 0 saturated carbocycles. The highest BCUT2D eigenvalue weighted by Crippen LogP contribution is 2.32. The Bertz CT molecular complexity index is 974. The van der Waals surface area contributed by atoms with Crippen LogP contribution in [0.15, 0.2) is 58.9 Å². The molecule has 0 aliphatic carbocycles. The molecule has 1 fully saturated rings. The van der Waals surface area contributed by atoms with Crippen molar-refractivity contribution in [1.29, 1.82) is 0 Å². The maximum atomic E-state index is 12.8. The second-order valence-electron chi connectivity index (χ2n) is 6.59. The van der Waals surface area contributed by atoms with Crippen LogP contribution in [0.3, 0.4) is 0 Å². The van der Waals surface area contributed by atoms with Crippen molar-refractivity contribution in [2.45, 2.75) is 19.0 Å². The number of imide groups is 1. The van der Waals surface area contributed by atoms with E-state index < -0.39 is 23.9 Å². The van der Waals surface area contributed by atoms with Gasteiger partial charge in [-0.2, -0.15) is 5.11 Å². The molecule has 9 heteroatoms. The highest BCUT2D eigenvalue weighted by molar-refractivity contribution is 6.31. The molecular weight excluding hydrogens is 382 g/mol. The van der Waals surface area contributed by atoms with E-state index in [9.17, 15) is 14.4 Å². The first kappa shape index (κ1) is 18.1. The summed E-state index contributed by atoms with van der Waals surface area (Å²) in [4.78, 5) is 38.9. The Labute approximate surface area is 165 Å². The topological polar surface area (TPSA) is 94.4 Å². The van der Waals surface area contributed by atoms with Crippen LogP contribution in [0.2, 0.25) is 5.02 Å². The van der Waals surface area contributed by atoms with E-state index in [-0.39, 0.29) is 12.5 Å². The summed E-state index contributed by atoms with van der Waals surface area (Å²) < 4.78 is 0. The number of anilines is 2. The lowest BCUT2D eigenvalue weighted by atomic mass is 10.1. The highest BCUT2D eigenvalue weighted by atomic mass is 35.5. The lowest BCUT2D eigenvalue weighted by molar-refractivity contribution is -0.123. The molecule has 1 N–H and O–H groups in total. The molecule has 0 radical (unpaired) electrons. The van der Waals surface area contributed by atoms with Crippen LogP contribution >= 0.6 is 11.6 Å². The van der Waals surface area contributed by atoms with Crippen LogP contribution in [0.1, 0.15) is 5.56 Å². The fourth-order valence-corrected chi connectivity index (χ4v) is 3.31. The van der Waals surface area contributed by atoms with Gasteiger partial charge < -0.3 is 5.32 Å². The summed E-state index contributed by atoms with van der Waals surface area (Å²) in [5.41, 5.74) is 2.12. The number of fused-ring (bicyclic) bond motifs is 1. The summed E-state index contributed by atoms with van der Waals surface area (Å²) in [7, 11) is 0. The van der Waals surface area contributed by atoms with Gasteiger partial charge in [0.15, 0.2) is 12.1 Å². The van der Waals surface area contributed by atoms with Crippen molar-refractivity contribution in [3.63, 3.8) is 0 Å². The second-order valence-corrected chi connectivity index (χ2v) is 7.03. The van der Waals surface area contributed by atoms with Crippen LogP contribution in [-0.2, 0) is 14.4 Å². The number of nitrogens with one attached hydrogen (secondary N) is 1. The van der Waals surface area contributed by atoms with Crippen molar-refractivity contribution in [3.8, 4) is 0 Å². The van der Waals surface area contributed by atoms with E-state index in [1.165, 1.54) is 5.01 Å². The van der Waals surface area contributed by atoms with E-state index in [2.05, 4.69) is 15.7 Å². The van der Waals surface area contributed by atoms with Gasteiger partial charge in [0.05, 0.1) is 5.69 Å². The minimum atomic E-state index is -0.949. The summed E-state index contributed by atoms with van der Waals surface area (Å²) >= 11 is 5.87. The van der Waals surface area contributed by atoms with Crippen LogP contribution < -0.4 is 10.2 Å². The summed E-state index contributed by atoms with van der Waals surface area (Å²) in [5, 5.41) is 12.3. The molecular formula is C19H16ClN5O3. The minimum absolute atomic E-state index is 0.188. The quantitative estimate of drug-likeness (QED) is 0.802. The predicted octanol–water partition coefficient (Wildman–Crippen LogP) is 2.58. The molecule has 2 heterocycles. The molecule has 0 unspecified atom stereocenters. The zero-order valence-corrected chi connectivity index (χ0v) is 15.6. The van der Waals surface area contributed by atoms with E-state index in [0.717, 1.165) is 10.5 Å². The molecule has 1 saturated heterocycles. The van der Waals surface area contributed by atoms with Gasteiger partial charge in [-0.15, -0.1) is 0 Å². The fourth-order valence-electron chi connectivity index (χ4n) is 3.18. The number of halogens is 1. The minimum Gasteiger partial charge on any atom is -0.324 e. The normalized spacial score (nSPS) is 20.6. The Morgan fingerprint density at radius 3 is 2.43 bits per heavy atom. The molecule has 0 bridgehead atoms. The first-order chi connectivity index (χ1) is 13.4. The van der Waals surface area contributed by atoms with E-state index >= 15 is 0 Å². The molecule has 2 aromatic carbocycles. The number of hydrogen-bond acceptors (Lipinski definition) is 6. The van der Waals surface area contributed by atoms with Crippen molar-refractivity contribution >= 4 is 40.7 Å². The van der Waals surface area contributed by atoms with Crippen LogP contribution in [-0.4, -0.2) is 41.4 Å². The van der Waals surface area contributed by atoms with Crippen LogP contribution in [0, 0.1) is 6.92 Å². The third-order valence-electron chi connectivity index (χ3n) is 4.58. The van der Waals surface area contributed by atoms with Gasteiger partial charge in [0.1, 0.15) is 6.54 Å². The van der Waals surface area contributed by atoms with Gasteiger partial charge >= 0.3 is 0 Å². The third-order valence-corrected chi connectivity index (χ3v) is 4.84. The van der Waals surface area contributed by atoms with Gasteiger partial charge in [-0.25, -0.2) is 4.90 Å². The zero-order valence-electron chi connectivity index (χ0n) is 14.9. The second kappa shape index (κ2) is 7.05. The molecule has 8 nitrogen and oxygen atoms in total. The number of nitrogens with zero attached hydrogens (tertiary/aromatic N) is 4. The Kier molecular flexibility index (Phi) is 4.56. The number of rotatable bonds is 4. The van der Waals surface area contributed by atoms with Crippen molar-refractivity contribution < 1.29 is 14.4 Å². The molecule has 0 spiro atoms. The lowest BCUT2D eigenvalue weighted by Gasteiger charge is -2.20. The highest BCUT2D eigenvalue weighted by Gasteiger charge is 2.55. The summed E-state index contributed by atoms with van der Waals surface area (Å²) in [6.07, 6.45) is 0. The van der Waals surface area contributed by atoms with Gasteiger partial charge in [-0.3, -0.25) is 19.4 Å². The van der Waals surface area contributed by atoms with Crippen molar-refractivity contribution in [2.24, 2.45) is 10.3 Å². The van der Waals surface area contributed by atoms with Crippen molar-refractivity contribution in [2.75, 3.05) is 16.8 Å². The Balaban J connectivity index is 1.48. The number of carbonyl (C=O) groups excluding carboxylic acids is 3. The number of benzene rings is 2. The lowest BCUT2D eigenvalue weighted by Crippen LogP contribution is -2.43. The van der Waals surface area contributed by atoms with Crippen LogP contribution in [0.4, 0.5) is 11.4 Å². The molecule has 28 heavy (non-hydrogen) atoms. The van der Waals surface area contributed by atoms with E-state index in [1.807, 2.05) is 19.1 Å². The molecule has 2 atom stereocenters. The fraction of sp³-hybridized carbons (Fsp3) is 0.211. The van der Waals surface area contributed by atoms with Crippen LogP contribution in [0.5, 0.6) is 0 Å². The number of carbonyl (C=O) groups is 3. The SMILES string of the molecule is Cc1ccc(NC(=O)CN2N=N[C@H]3C(=O)N(c4ccc(Cl)cc4)C(=O)[C@H]32)cc1. The number of hydrogen-bond donors (Lipinski definition) is 1. The van der Waals surface area contributed by atoms with Gasteiger partial charge in [0, 0.05) is 10.7 Å². The van der Waals surface area contributed by atoms with Gasteiger partial charge in [0.2, 0.25) is 5.91 Å². The molecule has 2 aliphatic rings. The predicted molar refractivity (Wildman–Crippen MR) is 103 cm³/mol. The first-order valence-corrected chi connectivity index (χ1v) is 8.99. The Morgan fingerprint density at radius 1 is 1.07 bits per heavy atom. The smallest absolute Gasteiger partial charge is 0.263 e. The van der Waals surface area contributed by atoms with Gasteiger partial charge in [-0.05, 0) is 43.3 Å². The summed E-state index contributed by atoms with van der Waals surface area (Å²) in [5.74, 6) is -1.29. The molecule has 4 rings (SSSR count). The van der Waals surface area contributed by atoms with Gasteiger partial charge in [-0.1, -0.05) is 34.5 Å². The summed E-state index contributed by atoms with van der Waals surface area (Å²) in [6.45, 7) is 1.76. The van der Waals surface area contributed by atoms with Gasteiger partial charge in [0.25, 0.3) is 11.8 Å². The van der Waals surface area contributed by atoms with Crippen molar-refractivity contribution in [1.82, 2.24) is 5.01 Å². The Morgan fingerprint density at radius 2 is 1.75 bits per heavy atom. The largest absolute Gasteiger partial charge is 0.324 e. The number of aryl methyl sites for hydroxylation is 1. The third kappa shape index (κ3) is 3.22. The monoisotopic (exact) mass is 397 g/mol. The average molecular weight is 398 g/mol. The van der Waals surface area contributed by atoms with Crippen LogP contribution in [0.25, 0.3) is 0 Å².